The van der Waals surface area contributed by atoms with Gasteiger partial charge in [-0.1, -0.05) is 13.8 Å². The normalized spacial score (nSPS) is 15.0. The number of amides is 1. The molecule has 1 aromatic carbocycles. The van der Waals surface area contributed by atoms with Crippen LogP contribution in [0.15, 0.2) is 18.2 Å². The molecule has 5 nitrogen and oxygen atoms in total. The van der Waals surface area contributed by atoms with Crippen molar-refractivity contribution in [1.82, 2.24) is 5.32 Å². The van der Waals surface area contributed by atoms with E-state index >= 15 is 0 Å². The number of carbonyl (C=O) groups excluding carboxylic acids is 1. The Morgan fingerprint density at radius 1 is 1.30 bits per heavy atom. The van der Waals surface area contributed by atoms with Crippen LogP contribution in [0.5, 0.6) is 11.5 Å². The number of hydrogen-bond acceptors (Lipinski definition) is 4. The van der Waals surface area contributed by atoms with Gasteiger partial charge in [0.05, 0.1) is 6.10 Å². The van der Waals surface area contributed by atoms with Gasteiger partial charge in [-0.25, -0.2) is 0 Å². The van der Waals surface area contributed by atoms with E-state index in [1.54, 1.807) is 18.2 Å². The first-order valence-corrected chi connectivity index (χ1v) is 6.92. The third kappa shape index (κ3) is 3.87. The standard InChI is InChI=1S/C15H21NO4/c1-10(2)7-12(17)9-16-15(18)11-3-4-13-14(8-11)20-6-5-19-13/h3-4,8,10,12,17H,5-7,9H2,1-2H3,(H,16,18). The summed E-state index contributed by atoms with van der Waals surface area (Å²) in [6.45, 7) is 5.34. The van der Waals surface area contributed by atoms with Gasteiger partial charge in [0.2, 0.25) is 0 Å². The first-order valence-electron chi connectivity index (χ1n) is 6.92. The lowest BCUT2D eigenvalue weighted by Gasteiger charge is -2.19. The Hall–Kier alpha value is -1.75. The molecule has 1 aromatic rings. The molecule has 0 bridgehead atoms. The summed E-state index contributed by atoms with van der Waals surface area (Å²) in [5.41, 5.74) is 0.506. The lowest BCUT2D eigenvalue weighted by Crippen LogP contribution is -2.32. The summed E-state index contributed by atoms with van der Waals surface area (Å²) >= 11 is 0. The Balaban J connectivity index is 1.92. The van der Waals surface area contributed by atoms with Crippen molar-refractivity contribution in [3.8, 4) is 11.5 Å². The second-order valence-electron chi connectivity index (χ2n) is 5.35. The number of aliphatic hydroxyl groups is 1. The van der Waals surface area contributed by atoms with Gasteiger partial charge in [-0.05, 0) is 30.5 Å². The van der Waals surface area contributed by atoms with Gasteiger partial charge in [0, 0.05) is 12.1 Å². The number of carbonyl (C=O) groups is 1. The van der Waals surface area contributed by atoms with Gasteiger partial charge in [0.15, 0.2) is 11.5 Å². The van der Waals surface area contributed by atoms with E-state index in [-0.39, 0.29) is 12.5 Å². The van der Waals surface area contributed by atoms with Gasteiger partial charge in [-0.2, -0.15) is 0 Å². The summed E-state index contributed by atoms with van der Waals surface area (Å²) in [7, 11) is 0. The minimum atomic E-state index is -0.517. The second-order valence-corrected chi connectivity index (χ2v) is 5.35. The summed E-state index contributed by atoms with van der Waals surface area (Å²) in [4.78, 5) is 12.0. The van der Waals surface area contributed by atoms with Crippen LogP contribution in [0.1, 0.15) is 30.6 Å². The largest absolute Gasteiger partial charge is 0.486 e. The SMILES string of the molecule is CC(C)CC(O)CNC(=O)c1ccc2c(c1)OCCO2. The van der Waals surface area contributed by atoms with Crippen LogP contribution in [-0.4, -0.2) is 36.9 Å². The van der Waals surface area contributed by atoms with Gasteiger partial charge in [0.25, 0.3) is 5.91 Å². The maximum absolute atomic E-state index is 12.0. The minimum Gasteiger partial charge on any atom is -0.486 e. The molecular formula is C15H21NO4. The fourth-order valence-electron chi connectivity index (χ4n) is 2.12. The average molecular weight is 279 g/mol. The smallest absolute Gasteiger partial charge is 0.251 e. The summed E-state index contributed by atoms with van der Waals surface area (Å²) in [5, 5.41) is 12.5. The third-order valence-electron chi connectivity index (χ3n) is 3.05. The van der Waals surface area contributed by atoms with Crippen LogP contribution in [0.3, 0.4) is 0 Å². The summed E-state index contributed by atoms with van der Waals surface area (Å²) < 4.78 is 10.8. The number of rotatable bonds is 5. The summed E-state index contributed by atoms with van der Waals surface area (Å²) in [6.07, 6.45) is 0.151. The van der Waals surface area contributed by atoms with E-state index in [9.17, 15) is 9.90 Å². The number of hydrogen-bond donors (Lipinski definition) is 2. The Bertz CT molecular complexity index is 473. The quantitative estimate of drug-likeness (QED) is 0.859. The van der Waals surface area contributed by atoms with Crippen LogP contribution >= 0.6 is 0 Å². The van der Waals surface area contributed by atoms with Crippen molar-refractivity contribution in [2.45, 2.75) is 26.4 Å². The van der Waals surface area contributed by atoms with Crippen molar-refractivity contribution in [3.05, 3.63) is 23.8 Å². The molecule has 0 spiro atoms. The van der Waals surface area contributed by atoms with E-state index in [2.05, 4.69) is 5.32 Å². The Labute approximate surface area is 118 Å². The third-order valence-corrected chi connectivity index (χ3v) is 3.05. The Kier molecular flexibility index (Phi) is 4.84. The van der Waals surface area contributed by atoms with Crippen LogP contribution in [0.2, 0.25) is 0 Å². The average Bonchev–Trinajstić information content (AvgIpc) is 2.43. The zero-order valence-corrected chi connectivity index (χ0v) is 11.9. The van der Waals surface area contributed by atoms with Gasteiger partial charge in [0.1, 0.15) is 13.2 Å². The predicted molar refractivity (Wildman–Crippen MR) is 75.2 cm³/mol. The fourth-order valence-corrected chi connectivity index (χ4v) is 2.12. The number of benzene rings is 1. The van der Waals surface area contributed by atoms with Crippen molar-refractivity contribution < 1.29 is 19.4 Å². The first-order chi connectivity index (χ1) is 9.56. The maximum Gasteiger partial charge on any atom is 0.251 e. The van der Waals surface area contributed by atoms with Gasteiger partial charge in [-0.15, -0.1) is 0 Å². The Morgan fingerprint density at radius 3 is 2.70 bits per heavy atom. The minimum absolute atomic E-state index is 0.218. The number of fused-ring (bicyclic) bond motifs is 1. The molecule has 0 fully saturated rings. The highest BCUT2D eigenvalue weighted by molar-refractivity contribution is 5.94. The molecule has 1 unspecified atom stereocenters. The molecule has 110 valence electrons. The molecule has 1 atom stereocenters. The Morgan fingerprint density at radius 2 is 2.00 bits per heavy atom. The molecule has 1 aliphatic heterocycles. The molecule has 0 aromatic heterocycles. The number of ether oxygens (including phenoxy) is 2. The lowest BCUT2D eigenvalue weighted by molar-refractivity contribution is 0.0899. The molecule has 5 heteroatoms. The van der Waals surface area contributed by atoms with Crippen molar-refractivity contribution in [2.75, 3.05) is 19.8 Å². The molecule has 0 radical (unpaired) electrons. The molecule has 0 aliphatic carbocycles. The van der Waals surface area contributed by atoms with Gasteiger partial charge >= 0.3 is 0 Å². The molecular weight excluding hydrogens is 258 g/mol. The molecule has 1 aliphatic rings. The molecule has 1 heterocycles. The highest BCUT2D eigenvalue weighted by atomic mass is 16.6. The van der Waals surface area contributed by atoms with E-state index in [0.29, 0.717) is 42.6 Å². The van der Waals surface area contributed by atoms with E-state index in [1.165, 1.54) is 0 Å². The summed E-state index contributed by atoms with van der Waals surface area (Å²) in [6, 6.07) is 5.09. The van der Waals surface area contributed by atoms with Gasteiger partial charge < -0.3 is 19.9 Å². The zero-order valence-electron chi connectivity index (χ0n) is 11.9. The number of aliphatic hydroxyl groups excluding tert-OH is 1. The molecule has 2 N–H and O–H groups in total. The van der Waals surface area contributed by atoms with Crippen LogP contribution < -0.4 is 14.8 Å². The van der Waals surface area contributed by atoms with Crippen molar-refractivity contribution in [1.29, 1.82) is 0 Å². The van der Waals surface area contributed by atoms with E-state index < -0.39 is 6.10 Å². The van der Waals surface area contributed by atoms with E-state index in [4.69, 9.17) is 9.47 Å². The highest BCUT2D eigenvalue weighted by Gasteiger charge is 2.15. The van der Waals surface area contributed by atoms with Crippen molar-refractivity contribution in [3.63, 3.8) is 0 Å². The lowest BCUT2D eigenvalue weighted by atomic mass is 10.1. The molecule has 20 heavy (non-hydrogen) atoms. The van der Waals surface area contributed by atoms with E-state index in [1.807, 2.05) is 13.8 Å². The zero-order chi connectivity index (χ0) is 14.5. The molecule has 0 saturated heterocycles. The number of nitrogens with one attached hydrogen (secondary N) is 1. The first kappa shape index (κ1) is 14.7. The fraction of sp³-hybridized carbons (Fsp3) is 0.533. The van der Waals surface area contributed by atoms with Crippen LogP contribution in [0, 0.1) is 5.92 Å². The van der Waals surface area contributed by atoms with Crippen molar-refractivity contribution in [2.24, 2.45) is 5.92 Å². The summed E-state index contributed by atoms with van der Waals surface area (Å²) in [5.74, 6) is 1.43. The van der Waals surface area contributed by atoms with Crippen LogP contribution in [0.25, 0.3) is 0 Å². The van der Waals surface area contributed by atoms with Gasteiger partial charge in [-0.3, -0.25) is 4.79 Å². The van der Waals surface area contributed by atoms with Crippen LogP contribution in [-0.2, 0) is 0 Å². The second kappa shape index (κ2) is 6.61. The van der Waals surface area contributed by atoms with Crippen LogP contribution in [0.4, 0.5) is 0 Å². The molecule has 2 rings (SSSR count). The topological polar surface area (TPSA) is 67.8 Å². The molecule has 1 amide bonds. The van der Waals surface area contributed by atoms with Crippen molar-refractivity contribution >= 4 is 5.91 Å². The highest BCUT2D eigenvalue weighted by Crippen LogP contribution is 2.30. The molecule has 0 saturated carbocycles. The monoisotopic (exact) mass is 279 g/mol. The predicted octanol–water partition coefficient (Wildman–Crippen LogP) is 1.59. The maximum atomic E-state index is 12.0. The van der Waals surface area contributed by atoms with E-state index in [0.717, 1.165) is 0 Å².